The number of hydrogen-bond acceptors (Lipinski definition) is 3. The van der Waals surface area contributed by atoms with E-state index in [0.29, 0.717) is 0 Å². The molecule has 0 spiro atoms. The molecular weight excluding hydrogens is 244 g/mol. The Balaban J connectivity index is 2.40. The number of carboxylic acids is 1. The fourth-order valence-corrected chi connectivity index (χ4v) is 1.31. The van der Waals surface area contributed by atoms with Crippen LogP contribution in [-0.2, 0) is 0 Å². The molecule has 18 heavy (non-hydrogen) atoms. The quantitative estimate of drug-likeness (QED) is 0.911. The number of pyridine rings is 1. The van der Waals surface area contributed by atoms with E-state index in [-0.39, 0.29) is 17.1 Å². The second-order valence-electron chi connectivity index (χ2n) is 3.35. The molecule has 0 fully saturated rings. The van der Waals surface area contributed by atoms with E-state index in [2.05, 4.69) is 4.98 Å². The Morgan fingerprint density at radius 2 is 2.00 bits per heavy atom. The number of ether oxygens (including phenoxy) is 1. The Morgan fingerprint density at radius 1 is 1.22 bits per heavy atom. The third-order valence-corrected chi connectivity index (χ3v) is 2.12. The fraction of sp³-hybridized carbons (Fsp3) is 0. The van der Waals surface area contributed by atoms with Gasteiger partial charge in [0.1, 0.15) is 17.1 Å². The van der Waals surface area contributed by atoms with Gasteiger partial charge in [-0.3, -0.25) is 4.98 Å². The van der Waals surface area contributed by atoms with E-state index < -0.39 is 17.6 Å². The molecule has 0 aliphatic heterocycles. The van der Waals surface area contributed by atoms with Crippen LogP contribution >= 0.6 is 0 Å². The number of rotatable bonds is 3. The van der Waals surface area contributed by atoms with Crippen LogP contribution in [0, 0.1) is 11.6 Å². The summed E-state index contributed by atoms with van der Waals surface area (Å²) in [4.78, 5) is 14.5. The lowest BCUT2D eigenvalue weighted by molar-refractivity contribution is 0.0693. The number of aromatic carboxylic acids is 1. The number of aromatic nitrogens is 1. The first-order valence-corrected chi connectivity index (χ1v) is 4.88. The zero-order valence-electron chi connectivity index (χ0n) is 8.93. The molecule has 0 aliphatic rings. The van der Waals surface area contributed by atoms with Crippen molar-refractivity contribution in [1.29, 1.82) is 0 Å². The monoisotopic (exact) mass is 251 g/mol. The zero-order chi connectivity index (χ0) is 13.1. The minimum Gasteiger partial charge on any atom is -0.477 e. The van der Waals surface area contributed by atoms with Crippen molar-refractivity contribution in [3.8, 4) is 11.5 Å². The van der Waals surface area contributed by atoms with Crippen LogP contribution < -0.4 is 4.74 Å². The molecule has 1 aromatic heterocycles. The van der Waals surface area contributed by atoms with E-state index in [9.17, 15) is 13.6 Å². The molecule has 6 heteroatoms. The zero-order valence-corrected chi connectivity index (χ0v) is 8.93. The second kappa shape index (κ2) is 4.79. The van der Waals surface area contributed by atoms with Crippen molar-refractivity contribution in [1.82, 2.24) is 4.98 Å². The molecule has 0 saturated heterocycles. The molecule has 2 rings (SSSR count). The fourth-order valence-electron chi connectivity index (χ4n) is 1.31. The number of carboxylic acid groups (broad SMARTS) is 1. The number of benzene rings is 1. The first kappa shape index (κ1) is 12.0. The van der Waals surface area contributed by atoms with Crippen molar-refractivity contribution in [3.05, 3.63) is 53.9 Å². The molecule has 0 aliphatic carbocycles. The SMILES string of the molecule is O=C(O)c1cnccc1Oc1cc(F)ccc1F. The van der Waals surface area contributed by atoms with Crippen molar-refractivity contribution in [2.75, 3.05) is 0 Å². The maximum atomic E-state index is 13.3. The van der Waals surface area contributed by atoms with Crippen LogP contribution in [0.25, 0.3) is 0 Å². The van der Waals surface area contributed by atoms with E-state index in [0.717, 1.165) is 24.4 Å². The summed E-state index contributed by atoms with van der Waals surface area (Å²) >= 11 is 0. The van der Waals surface area contributed by atoms with Gasteiger partial charge in [-0.25, -0.2) is 13.6 Å². The van der Waals surface area contributed by atoms with Gasteiger partial charge in [0.2, 0.25) is 0 Å². The largest absolute Gasteiger partial charge is 0.477 e. The Bertz CT molecular complexity index is 602. The summed E-state index contributed by atoms with van der Waals surface area (Å²) in [5.74, 6) is -3.23. The molecule has 0 atom stereocenters. The van der Waals surface area contributed by atoms with Gasteiger partial charge in [-0.1, -0.05) is 0 Å². The van der Waals surface area contributed by atoms with Crippen molar-refractivity contribution in [2.24, 2.45) is 0 Å². The van der Waals surface area contributed by atoms with E-state index in [4.69, 9.17) is 9.84 Å². The molecule has 1 heterocycles. The number of halogens is 2. The van der Waals surface area contributed by atoms with Crippen molar-refractivity contribution in [3.63, 3.8) is 0 Å². The maximum Gasteiger partial charge on any atom is 0.341 e. The summed E-state index contributed by atoms with van der Waals surface area (Å²) in [7, 11) is 0. The maximum absolute atomic E-state index is 13.3. The third-order valence-electron chi connectivity index (χ3n) is 2.12. The summed E-state index contributed by atoms with van der Waals surface area (Å²) in [5.41, 5.74) is -0.235. The van der Waals surface area contributed by atoms with Gasteiger partial charge in [0, 0.05) is 24.5 Å². The predicted molar refractivity (Wildman–Crippen MR) is 57.6 cm³/mol. The first-order chi connectivity index (χ1) is 8.58. The second-order valence-corrected chi connectivity index (χ2v) is 3.35. The number of carbonyl (C=O) groups is 1. The summed E-state index contributed by atoms with van der Waals surface area (Å²) in [6.45, 7) is 0. The van der Waals surface area contributed by atoms with E-state index >= 15 is 0 Å². The van der Waals surface area contributed by atoms with Crippen LogP contribution in [-0.4, -0.2) is 16.1 Å². The molecule has 4 nitrogen and oxygen atoms in total. The Kier molecular flexibility index (Phi) is 3.18. The Morgan fingerprint density at radius 3 is 2.72 bits per heavy atom. The van der Waals surface area contributed by atoms with Gasteiger partial charge < -0.3 is 9.84 Å². The average Bonchev–Trinajstić information content (AvgIpc) is 2.34. The smallest absolute Gasteiger partial charge is 0.341 e. The lowest BCUT2D eigenvalue weighted by Crippen LogP contribution is -2.01. The molecule has 0 unspecified atom stereocenters. The standard InChI is InChI=1S/C12H7F2NO3/c13-7-1-2-9(14)11(5-7)18-10-3-4-15-6-8(10)12(16)17/h1-6H,(H,16,17). The molecule has 2 aromatic rings. The summed E-state index contributed by atoms with van der Waals surface area (Å²) in [5, 5.41) is 8.88. The first-order valence-electron chi connectivity index (χ1n) is 4.88. The third kappa shape index (κ3) is 2.42. The highest BCUT2D eigenvalue weighted by Crippen LogP contribution is 2.27. The van der Waals surface area contributed by atoms with Gasteiger partial charge in [-0.2, -0.15) is 0 Å². The van der Waals surface area contributed by atoms with Gasteiger partial charge in [-0.15, -0.1) is 0 Å². The van der Waals surface area contributed by atoms with Gasteiger partial charge >= 0.3 is 5.97 Å². The number of hydrogen-bond donors (Lipinski definition) is 1. The summed E-state index contributed by atoms with van der Waals surface area (Å²) in [6, 6.07) is 3.92. The topological polar surface area (TPSA) is 59.4 Å². The minimum absolute atomic E-state index is 0.109. The molecular formula is C12H7F2NO3. The van der Waals surface area contributed by atoms with E-state index in [1.807, 2.05) is 0 Å². The predicted octanol–water partition coefficient (Wildman–Crippen LogP) is 2.85. The van der Waals surface area contributed by atoms with Crippen LogP contribution in [0.15, 0.2) is 36.7 Å². The minimum atomic E-state index is -1.27. The molecule has 0 amide bonds. The van der Waals surface area contributed by atoms with Crippen LogP contribution in [0.3, 0.4) is 0 Å². The van der Waals surface area contributed by atoms with Crippen molar-refractivity contribution >= 4 is 5.97 Å². The molecule has 1 N–H and O–H groups in total. The molecule has 92 valence electrons. The van der Waals surface area contributed by atoms with Crippen LogP contribution in [0.4, 0.5) is 8.78 Å². The van der Waals surface area contributed by atoms with Gasteiger partial charge in [-0.05, 0) is 12.1 Å². The van der Waals surface area contributed by atoms with Gasteiger partial charge in [0.15, 0.2) is 11.6 Å². The van der Waals surface area contributed by atoms with E-state index in [1.54, 1.807) is 0 Å². The Labute approximate surface area is 100 Å². The van der Waals surface area contributed by atoms with Crippen molar-refractivity contribution < 1.29 is 23.4 Å². The lowest BCUT2D eigenvalue weighted by Gasteiger charge is -2.08. The van der Waals surface area contributed by atoms with E-state index in [1.165, 1.54) is 12.3 Å². The number of nitrogens with zero attached hydrogens (tertiary/aromatic N) is 1. The van der Waals surface area contributed by atoms with Crippen molar-refractivity contribution in [2.45, 2.75) is 0 Å². The van der Waals surface area contributed by atoms with Gasteiger partial charge in [0.25, 0.3) is 0 Å². The van der Waals surface area contributed by atoms with Gasteiger partial charge in [0.05, 0.1) is 0 Å². The molecule has 0 saturated carbocycles. The summed E-state index contributed by atoms with van der Waals surface area (Å²) in [6.07, 6.45) is 2.36. The Hall–Kier alpha value is -2.50. The van der Waals surface area contributed by atoms with Crippen LogP contribution in [0.2, 0.25) is 0 Å². The molecule has 0 bridgehead atoms. The average molecular weight is 251 g/mol. The molecule has 1 aromatic carbocycles. The highest BCUT2D eigenvalue weighted by atomic mass is 19.1. The van der Waals surface area contributed by atoms with Crippen LogP contribution in [0.1, 0.15) is 10.4 Å². The highest BCUT2D eigenvalue weighted by molar-refractivity contribution is 5.90. The molecule has 0 radical (unpaired) electrons. The lowest BCUT2D eigenvalue weighted by atomic mass is 10.2. The normalized spacial score (nSPS) is 10.1. The van der Waals surface area contributed by atoms with Crippen LogP contribution in [0.5, 0.6) is 11.5 Å². The summed E-state index contributed by atoms with van der Waals surface area (Å²) < 4.78 is 31.3. The highest BCUT2D eigenvalue weighted by Gasteiger charge is 2.14.